The molecule has 13 heavy (non-hydrogen) atoms. The van der Waals surface area contributed by atoms with E-state index in [4.69, 9.17) is 6.42 Å². The van der Waals surface area contributed by atoms with E-state index >= 15 is 0 Å². The number of ether oxygens (including phenoxy) is 1. The Morgan fingerprint density at radius 1 is 1.38 bits per heavy atom. The molecule has 0 atom stereocenters. The lowest BCUT2D eigenvalue weighted by Gasteiger charge is -2.02. The van der Waals surface area contributed by atoms with Gasteiger partial charge in [0.15, 0.2) is 23.2 Å². The average molecular weight is 185 g/mol. The van der Waals surface area contributed by atoms with Crippen LogP contribution in [-0.2, 0) is 0 Å². The second-order valence-electron chi connectivity index (χ2n) is 2.10. The lowest BCUT2D eigenvalue weighted by Crippen LogP contribution is -1.98. The van der Waals surface area contributed by atoms with Crippen LogP contribution in [0.5, 0.6) is 5.75 Å². The summed E-state index contributed by atoms with van der Waals surface area (Å²) in [5, 5.41) is 0. The highest BCUT2D eigenvalue weighted by molar-refractivity contribution is 5.24. The van der Waals surface area contributed by atoms with Crippen molar-refractivity contribution in [3.8, 4) is 18.1 Å². The SMILES string of the molecule is C#CCOc1[c]c(F)c(F)cc1F. The highest BCUT2D eigenvalue weighted by Crippen LogP contribution is 2.19. The molecule has 1 nitrogen and oxygen atoms in total. The summed E-state index contributed by atoms with van der Waals surface area (Å²) in [5.74, 6) is -2.11. The summed E-state index contributed by atoms with van der Waals surface area (Å²) >= 11 is 0. The Hall–Kier alpha value is -1.63. The van der Waals surface area contributed by atoms with Crippen molar-refractivity contribution in [1.82, 2.24) is 0 Å². The van der Waals surface area contributed by atoms with Gasteiger partial charge in [0, 0.05) is 6.07 Å². The van der Waals surface area contributed by atoms with Gasteiger partial charge >= 0.3 is 0 Å². The van der Waals surface area contributed by atoms with Crippen molar-refractivity contribution < 1.29 is 17.9 Å². The van der Waals surface area contributed by atoms with Crippen molar-refractivity contribution in [1.29, 1.82) is 0 Å². The fraction of sp³-hybridized carbons (Fsp3) is 0.111. The van der Waals surface area contributed by atoms with Gasteiger partial charge in [0.05, 0.1) is 6.07 Å². The largest absolute Gasteiger partial charge is 0.477 e. The molecule has 0 aliphatic rings. The van der Waals surface area contributed by atoms with Crippen molar-refractivity contribution in [2.45, 2.75) is 0 Å². The van der Waals surface area contributed by atoms with Crippen LogP contribution in [-0.4, -0.2) is 6.61 Å². The van der Waals surface area contributed by atoms with Gasteiger partial charge in [0.1, 0.15) is 6.61 Å². The Bertz CT molecular complexity index is 355. The molecule has 1 aromatic rings. The summed E-state index contributed by atoms with van der Waals surface area (Å²) in [4.78, 5) is 0. The monoisotopic (exact) mass is 185 g/mol. The second-order valence-corrected chi connectivity index (χ2v) is 2.10. The van der Waals surface area contributed by atoms with Crippen LogP contribution in [0.2, 0.25) is 0 Å². The molecule has 0 spiro atoms. The minimum Gasteiger partial charge on any atom is -0.477 e. The summed E-state index contributed by atoms with van der Waals surface area (Å²) in [5.41, 5.74) is 0. The van der Waals surface area contributed by atoms with Crippen LogP contribution in [0.4, 0.5) is 13.2 Å². The van der Waals surface area contributed by atoms with Crippen LogP contribution in [0, 0.1) is 35.9 Å². The molecule has 0 fully saturated rings. The smallest absolute Gasteiger partial charge is 0.170 e. The molecule has 4 heteroatoms. The quantitative estimate of drug-likeness (QED) is 0.505. The number of halogens is 3. The third-order valence-corrected chi connectivity index (χ3v) is 1.20. The van der Waals surface area contributed by atoms with E-state index in [0.29, 0.717) is 6.07 Å². The fourth-order valence-corrected chi connectivity index (χ4v) is 0.678. The summed E-state index contributed by atoms with van der Waals surface area (Å²) in [6, 6.07) is 2.12. The minimum absolute atomic E-state index is 0.224. The van der Waals surface area contributed by atoms with Crippen LogP contribution in [0.1, 0.15) is 0 Å². The number of hydrogen-bond donors (Lipinski definition) is 0. The first-order valence-corrected chi connectivity index (χ1v) is 3.28. The molecule has 0 unspecified atom stereocenters. The van der Waals surface area contributed by atoms with Gasteiger partial charge in [-0.15, -0.1) is 6.42 Å². The van der Waals surface area contributed by atoms with Gasteiger partial charge in [-0.1, -0.05) is 5.92 Å². The first-order chi connectivity index (χ1) is 6.15. The van der Waals surface area contributed by atoms with Crippen molar-refractivity contribution in [2.24, 2.45) is 0 Å². The molecule has 0 aromatic heterocycles. The molecule has 0 aliphatic carbocycles. The number of terminal acetylenes is 1. The third kappa shape index (κ3) is 2.15. The minimum atomic E-state index is -1.31. The van der Waals surface area contributed by atoms with E-state index in [1.807, 2.05) is 0 Å². The van der Waals surface area contributed by atoms with Gasteiger partial charge in [-0.25, -0.2) is 13.2 Å². The molecular weight excluding hydrogens is 181 g/mol. The zero-order valence-electron chi connectivity index (χ0n) is 6.40. The first-order valence-electron chi connectivity index (χ1n) is 3.28. The van der Waals surface area contributed by atoms with Gasteiger partial charge in [-0.2, -0.15) is 0 Å². The van der Waals surface area contributed by atoms with Crippen LogP contribution in [0.3, 0.4) is 0 Å². The topological polar surface area (TPSA) is 9.23 Å². The molecule has 67 valence electrons. The third-order valence-electron chi connectivity index (χ3n) is 1.20. The standard InChI is InChI=1S/C9H4F3O/c1-2-3-13-9-5-7(11)6(10)4-8(9)12/h1,4H,3H2. The van der Waals surface area contributed by atoms with Crippen molar-refractivity contribution >= 4 is 0 Å². The van der Waals surface area contributed by atoms with Crippen molar-refractivity contribution in [2.75, 3.05) is 6.61 Å². The number of rotatable bonds is 2. The lowest BCUT2D eigenvalue weighted by molar-refractivity contribution is 0.340. The molecule has 0 saturated heterocycles. The summed E-state index contributed by atoms with van der Waals surface area (Å²) in [7, 11) is 0. The molecule has 1 rings (SSSR count). The van der Waals surface area contributed by atoms with Gasteiger partial charge in [-0.3, -0.25) is 0 Å². The average Bonchev–Trinajstić information content (AvgIpc) is 2.09. The molecule has 0 bridgehead atoms. The summed E-state index contributed by atoms with van der Waals surface area (Å²) in [6.07, 6.45) is 4.82. The van der Waals surface area contributed by atoms with Gasteiger partial charge in [0.2, 0.25) is 0 Å². The zero-order valence-corrected chi connectivity index (χ0v) is 6.40. The summed E-state index contributed by atoms with van der Waals surface area (Å²) in [6.45, 7) is -0.224. The first kappa shape index (κ1) is 9.46. The van der Waals surface area contributed by atoms with Crippen molar-refractivity contribution in [3.63, 3.8) is 0 Å². The maximum absolute atomic E-state index is 12.7. The summed E-state index contributed by atoms with van der Waals surface area (Å²) < 4.78 is 42.1. The van der Waals surface area contributed by atoms with Gasteiger partial charge in [0.25, 0.3) is 0 Å². The Balaban J connectivity index is 2.96. The maximum Gasteiger partial charge on any atom is 0.170 e. The fourth-order valence-electron chi connectivity index (χ4n) is 0.678. The Kier molecular flexibility index (Phi) is 2.80. The molecule has 0 saturated carbocycles. The van der Waals surface area contributed by atoms with E-state index in [2.05, 4.69) is 10.7 Å². The normalized spacial score (nSPS) is 9.38. The zero-order chi connectivity index (χ0) is 9.84. The molecule has 1 aromatic carbocycles. The highest BCUT2D eigenvalue weighted by Gasteiger charge is 2.10. The van der Waals surface area contributed by atoms with Crippen LogP contribution < -0.4 is 4.74 Å². The number of hydrogen-bond acceptors (Lipinski definition) is 1. The Labute approximate surface area is 73.1 Å². The van der Waals surface area contributed by atoms with E-state index < -0.39 is 23.2 Å². The lowest BCUT2D eigenvalue weighted by atomic mass is 10.3. The van der Waals surface area contributed by atoms with Crippen LogP contribution in [0.25, 0.3) is 0 Å². The predicted octanol–water partition coefficient (Wildman–Crippen LogP) is 1.92. The molecule has 0 heterocycles. The predicted molar refractivity (Wildman–Crippen MR) is 39.5 cm³/mol. The molecule has 0 N–H and O–H groups in total. The Morgan fingerprint density at radius 3 is 2.69 bits per heavy atom. The van der Waals surface area contributed by atoms with Gasteiger partial charge < -0.3 is 4.74 Å². The van der Waals surface area contributed by atoms with E-state index in [1.54, 1.807) is 6.07 Å². The molecule has 0 amide bonds. The van der Waals surface area contributed by atoms with E-state index in [1.165, 1.54) is 0 Å². The van der Waals surface area contributed by atoms with Crippen molar-refractivity contribution in [3.05, 3.63) is 29.6 Å². The number of benzene rings is 1. The van der Waals surface area contributed by atoms with E-state index in [-0.39, 0.29) is 6.61 Å². The molecule has 0 aliphatic heterocycles. The molecular formula is C9H4F3O. The van der Waals surface area contributed by atoms with Gasteiger partial charge in [-0.05, 0) is 0 Å². The Morgan fingerprint density at radius 2 is 2.08 bits per heavy atom. The second kappa shape index (κ2) is 3.85. The van der Waals surface area contributed by atoms with E-state index in [0.717, 1.165) is 0 Å². The maximum atomic E-state index is 12.7. The van der Waals surface area contributed by atoms with Crippen LogP contribution in [0.15, 0.2) is 6.07 Å². The molecule has 1 radical (unpaired) electrons. The van der Waals surface area contributed by atoms with E-state index in [9.17, 15) is 13.2 Å². The van der Waals surface area contributed by atoms with Crippen LogP contribution >= 0.6 is 0 Å². The highest BCUT2D eigenvalue weighted by atomic mass is 19.2.